The molecule has 32 heavy (non-hydrogen) atoms. The normalized spacial score (nSPS) is 12.4. The molecule has 1 N–H and O–H groups in total. The molecule has 0 radical (unpaired) electrons. The van der Waals surface area contributed by atoms with Crippen LogP contribution in [-0.4, -0.2) is 51.1 Å². The Balaban J connectivity index is 1.27. The van der Waals surface area contributed by atoms with Gasteiger partial charge in [-0.25, -0.2) is 4.79 Å². The summed E-state index contributed by atoms with van der Waals surface area (Å²) in [5.74, 6) is -0.735. The predicted molar refractivity (Wildman–Crippen MR) is 116 cm³/mol. The molecule has 10 heteroatoms. The van der Waals surface area contributed by atoms with Gasteiger partial charge in [0.05, 0.1) is 0 Å². The topological polar surface area (TPSA) is 119 Å². The number of rotatable bonds is 6. The van der Waals surface area contributed by atoms with E-state index in [1.807, 2.05) is 37.3 Å². The summed E-state index contributed by atoms with van der Waals surface area (Å²) in [6.07, 6.45) is 0.725. The number of tetrazole rings is 1. The summed E-state index contributed by atoms with van der Waals surface area (Å²) in [6.45, 7) is 3.44. The van der Waals surface area contributed by atoms with Gasteiger partial charge in [0, 0.05) is 30.4 Å². The Morgan fingerprint density at radius 1 is 1.12 bits per heavy atom. The van der Waals surface area contributed by atoms with Crippen LogP contribution in [0.4, 0.5) is 11.4 Å². The molecule has 0 bridgehead atoms. The molecule has 1 aromatic heterocycles. The number of aryl methyl sites for hydroxylation is 1. The van der Waals surface area contributed by atoms with Crippen molar-refractivity contribution in [2.45, 2.75) is 26.8 Å². The van der Waals surface area contributed by atoms with E-state index in [-0.39, 0.29) is 12.5 Å². The number of aromatic nitrogens is 4. The van der Waals surface area contributed by atoms with E-state index in [0.29, 0.717) is 18.1 Å². The summed E-state index contributed by atoms with van der Waals surface area (Å²) >= 11 is 0. The van der Waals surface area contributed by atoms with Crippen LogP contribution in [0.2, 0.25) is 0 Å². The maximum absolute atomic E-state index is 12.2. The molecule has 0 saturated carbocycles. The third-order valence-electron chi connectivity index (χ3n) is 5.04. The van der Waals surface area contributed by atoms with Crippen molar-refractivity contribution < 1.29 is 19.1 Å². The van der Waals surface area contributed by atoms with E-state index >= 15 is 0 Å². The number of amides is 2. The fourth-order valence-electron chi connectivity index (χ4n) is 3.44. The number of nitrogens with zero attached hydrogens (tertiary/aromatic N) is 5. The van der Waals surface area contributed by atoms with E-state index in [4.69, 9.17) is 4.74 Å². The molecule has 0 aliphatic carbocycles. The molecule has 3 aromatic rings. The second-order valence-corrected chi connectivity index (χ2v) is 7.48. The highest BCUT2D eigenvalue weighted by Crippen LogP contribution is 2.30. The molecule has 0 atom stereocenters. The molecule has 0 spiro atoms. The van der Waals surface area contributed by atoms with Gasteiger partial charge in [0.25, 0.3) is 5.91 Å². The molecule has 10 nitrogen and oxygen atoms in total. The van der Waals surface area contributed by atoms with E-state index in [1.165, 1.54) is 6.92 Å². The smallest absolute Gasteiger partial charge is 0.330 e. The van der Waals surface area contributed by atoms with E-state index in [0.717, 1.165) is 33.6 Å². The van der Waals surface area contributed by atoms with E-state index in [1.54, 1.807) is 17.0 Å². The van der Waals surface area contributed by atoms with Crippen LogP contribution < -0.4 is 10.2 Å². The Hall–Kier alpha value is -4.08. The van der Waals surface area contributed by atoms with Crippen molar-refractivity contribution in [3.63, 3.8) is 0 Å². The minimum Gasteiger partial charge on any atom is -0.454 e. The highest BCUT2D eigenvalue weighted by Gasteiger charge is 2.22. The van der Waals surface area contributed by atoms with Gasteiger partial charge < -0.3 is 15.0 Å². The van der Waals surface area contributed by atoms with Crippen LogP contribution in [0, 0.1) is 6.92 Å². The SMILES string of the molecule is CC(=O)N1CCc2cc(NC(=O)COC(=O)Cn3nnc(-c4ccc(C)cc4)n3)ccc21. The first-order valence-electron chi connectivity index (χ1n) is 10.1. The Morgan fingerprint density at radius 2 is 1.91 bits per heavy atom. The van der Waals surface area contributed by atoms with Crippen LogP contribution in [0.5, 0.6) is 0 Å². The van der Waals surface area contributed by atoms with Gasteiger partial charge in [0.15, 0.2) is 13.2 Å². The summed E-state index contributed by atoms with van der Waals surface area (Å²) in [5.41, 5.74) is 4.32. The zero-order valence-electron chi connectivity index (χ0n) is 17.7. The molecule has 0 saturated heterocycles. The molecule has 2 aromatic carbocycles. The zero-order chi connectivity index (χ0) is 22.7. The minimum atomic E-state index is -0.654. The first kappa shape index (κ1) is 21.2. The van der Waals surface area contributed by atoms with Crippen LogP contribution in [0.25, 0.3) is 11.4 Å². The van der Waals surface area contributed by atoms with Crippen molar-refractivity contribution in [1.82, 2.24) is 20.2 Å². The number of hydrogen-bond donors (Lipinski definition) is 1. The summed E-state index contributed by atoms with van der Waals surface area (Å²) in [5, 5.41) is 14.6. The average molecular weight is 434 g/mol. The van der Waals surface area contributed by atoms with Crippen LogP contribution >= 0.6 is 0 Å². The lowest BCUT2D eigenvalue weighted by Crippen LogP contribution is -2.25. The molecule has 2 heterocycles. The van der Waals surface area contributed by atoms with Gasteiger partial charge in [0.1, 0.15) is 0 Å². The van der Waals surface area contributed by atoms with Gasteiger partial charge in [-0.15, -0.1) is 10.2 Å². The second-order valence-electron chi connectivity index (χ2n) is 7.48. The first-order chi connectivity index (χ1) is 15.4. The molecule has 1 aliphatic heterocycles. The summed E-state index contributed by atoms with van der Waals surface area (Å²) in [6, 6.07) is 12.9. The molecule has 164 valence electrons. The second kappa shape index (κ2) is 8.96. The monoisotopic (exact) mass is 434 g/mol. The van der Waals surface area contributed by atoms with Gasteiger partial charge in [-0.1, -0.05) is 29.8 Å². The van der Waals surface area contributed by atoms with Crippen molar-refractivity contribution in [3.05, 3.63) is 53.6 Å². The number of nitrogens with one attached hydrogen (secondary N) is 1. The molecule has 0 fully saturated rings. The van der Waals surface area contributed by atoms with Crippen molar-refractivity contribution in [3.8, 4) is 11.4 Å². The van der Waals surface area contributed by atoms with Gasteiger partial charge in [-0.3, -0.25) is 9.59 Å². The summed E-state index contributed by atoms with van der Waals surface area (Å²) in [7, 11) is 0. The Labute approximate surface area is 184 Å². The van der Waals surface area contributed by atoms with Crippen LogP contribution in [0.1, 0.15) is 18.1 Å². The maximum atomic E-state index is 12.2. The highest BCUT2D eigenvalue weighted by atomic mass is 16.5. The van der Waals surface area contributed by atoms with Crippen molar-refractivity contribution >= 4 is 29.2 Å². The molecule has 1 aliphatic rings. The Morgan fingerprint density at radius 3 is 2.66 bits per heavy atom. The molecule has 2 amide bonds. The fraction of sp³-hybridized carbons (Fsp3) is 0.273. The third-order valence-corrected chi connectivity index (χ3v) is 5.04. The number of benzene rings is 2. The van der Waals surface area contributed by atoms with Crippen molar-refractivity contribution in [1.29, 1.82) is 0 Å². The number of hydrogen-bond acceptors (Lipinski definition) is 7. The molecule has 0 unspecified atom stereocenters. The largest absolute Gasteiger partial charge is 0.454 e. The van der Waals surface area contributed by atoms with Gasteiger partial charge in [-0.05, 0) is 42.3 Å². The van der Waals surface area contributed by atoms with Crippen LogP contribution in [0.15, 0.2) is 42.5 Å². The number of carbonyl (C=O) groups is 3. The number of ether oxygens (including phenoxy) is 1. The molecular weight excluding hydrogens is 412 g/mol. The lowest BCUT2D eigenvalue weighted by molar-refractivity contribution is -0.148. The van der Waals surface area contributed by atoms with Crippen molar-refractivity contribution in [2.75, 3.05) is 23.4 Å². The lowest BCUT2D eigenvalue weighted by Gasteiger charge is -2.15. The highest BCUT2D eigenvalue weighted by molar-refractivity contribution is 5.96. The maximum Gasteiger partial charge on any atom is 0.330 e. The number of esters is 1. The quantitative estimate of drug-likeness (QED) is 0.587. The van der Waals surface area contributed by atoms with Gasteiger partial charge in [-0.2, -0.15) is 4.80 Å². The van der Waals surface area contributed by atoms with Crippen LogP contribution in [-0.2, 0) is 32.1 Å². The summed E-state index contributed by atoms with van der Waals surface area (Å²) in [4.78, 5) is 38.7. The van der Waals surface area contributed by atoms with Crippen LogP contribution in [0.3, 0.4) is 0 Å². The standard InChI is InChI=1S/C22H22N6O4/c1-14-3-5-16(6-4-14)22-24-26-28(25-22)12-21(31)32-13-20(30)23-18-7-8-19-17(11-18)9-10-27(19)15(2)29/h3-8,11H,9-10,12-13H2,1-2H3,(H,23,30). The summed E-state index contributed by atoms with van der Waals surface area (Å²) < 4.78 is 5.02. The number of carbonyl (C=O) groups excluding carboxylic acids is 3. The van der Waals surface area contributed by atoms with Crippen molar-refractivity contribution in [2.24, 2.45) is 0 Å². The molecule has 4 rings (SSSR count). The average Bonchev–Trinajstić information content (AvgIpc) is 3.39. The predicted octanol–water partition coefficient (Wildman–Crippen LogP) is 1.74. The Bertz CT molecular complexity index is 1170. The van der Waals surface area contributed by atoms with Gasteiger partial charge in [0.2, 0.25) is 11.7 Å². The van der Waals surface area contributed by atoms with E-state index < -0.39 is 18.5 Å². The van der Waals surface area contributed by atoms with Gasteiger partial charge >= 0.3 is 5.97 Å². The van der Waals surface area contributed by atoms with E-state index in [9.17, 15) is 14.4 Å². The minimum absolute atomic E-state index is 0.0136. The number of anilines is 2. The van der Waals surface area contributed by atoms with E-state index in [2.05, 4.69) is 20.7 Å². The first-order valence-corrected chi connectivity index (χ1v) is 10.1. The third kappa shape index (κ3) is 4.80. The lowest BCUT2D eigenvalue weighted by atomic mass is 10.1. The number of fused-ring (bicyclic) bond motifs is 1. The fourth-order valence-corrected chi connectivity index (χ4v) is 3.44. The molecular formula is C22H22N6O4. The zero-order valence-corrected chi connectivity index (χ0v) is 17.7. The Kier molecular flexibility index (Phi) is 5.93.